The van der Waals surface area contributed by atoms with Crippen LogP contribution in [0.2, 0.25) is 0 Å². The van der Waals surface area contributed by atoms with Gasteiger partial charge in [0, 0.05) is 18.5 Å². The van der Waals surface area contributed by atoms with Crippen molar-refractivity contribution in [2.45, 2.75) is 44.3 Å². The van der Waals surface area contributed by atoms with Crippen molar-refractivity contribution in [1.29, 1.82) is 0 Å². The molecule has 1 N–H and O–H groups in total. The Bertz CT molecular complexity index is 708. The second kappa shape index (κ2) is 7.25. The SMILES string of the molecule is O=C(Nc1cc[c]cn1)[C@H](CC1CCCC1)n1cnc(C(F)(F)F)c1. The maximum absolute atomic E-state index is 12.8. The minimum atomic E-state index is -4.53. The maximum Gasteiger partial charge on any atom is 0.434 e. The highest BCUT2D eigenvalue weighted by molar-refractivity contribution is 5.92. The number of imidazole rings is 1. The van der Waals surface area contributed by atoms with E-state index < -0.39 is 23.8 Å². The second-order valence-electron chi connectivity index (χ2n) is 6.24. The summed E-state index contributed by atoms with van der Waals surface area (Å²) in [5, 5.41) is 2.66. The number of amides is 1. The van der Waals surface area contributed by atoms with Crippen LogP contribution in [-0.4, -0.2) is 20.4 Å². The molecule has 2 aromatic rings. The third-order valence-corrected chi connectivity index (χ3v) is 4.45. The number of nitrogens with one attached hydrogen (secondary N) is 1. The molecule has 1 fully saturated rings. The Morgan fingerprint density at radius 1 is 1.36 bits per heavy atom. The number of pyridine rings is 1. The number of halogens is 3. The van der Waals surface area contributed by atoms with Crippen LogP contribution in [0, 0.1) is 12.0 Å². The van der Waals surface area contributed by atoms with Gasteiger partial charge in [0.15, 0.2) is 5.69 Å². The molecule has 0 aromatic carbocycles. The van der Waals surface area contributed by atoms with Gasteiger partial charge in [-0.2, -0.15) is 13.2 Å². The summed E-state index contributed by atoms with van der Waals surface area (Å²) in [7, 11) is 0. The molecule has 0 unspecified atom stereocenters. The first-order valence-corrected chi connectivity index (χ1v) is 8.17. The molecule has 1 aliphatic rings. The van der Waals surface area contributed by atoms with Crippen LogP contribution in [0.1, 0.15) is 43.8 Å². The molecule has 1 saturated carbocycles. The van der Waals surface area contributed by atoms with Gasteiger partial charge in [-0.15, -0.1) is 0 Å². The summed E-state index contributed by atoms with van der Waals surface area (Å²) in [5.74, 6) is 0.276. The number of rotatable bonds is 5. The molecule has 1 aliphatic carbocycles. The standard InChI is InChI=1S/C17H18F3N4O/c18-17(19,20)14-10-24(11-22-14)13(9-12-5-1-2-6-12)16(25)23-15-7-3-4-8-21-15/h3,7-8,10-13H,1-2,5-6,9H2,(H,21,23,25)/t13-/m0/s1. The number of hydrogen-bond donors (Lipinski definition) is 1. The van der Waals surface area contributed by atoms with Gasteiger partial charge >= 0.3 is 6.18 Å². The number of aromatic nitrogens is 3. The van der Waals surface area contributed by atoms with Crippen molar-refractivity contribution in [3.8, 4) is 0 Å². The van der Waals surface area contributed by atoms with Crippen LogP contribution < -0.4 is 5.32 Å². The first kappa shape index (κ1) is 17.4. The molecule has 1 radical (unpaired) electrons. The number of carbonyl (C=O) groups excluding carboxylic acids is 1. The third-order valence-electron chi connectivity index (χ3n) is 4.45. The molecule has 1 atom stereocenters. The van der Waals surface area contributed by atoms with E-state index >= 15 is 0 Å². The Balaban J connectivity index is 1.81. The zero-order valence-corrected chi connectivity index (χ0v) is 13.5. The average Bonchev–Trinajstić information content (AvgIpc) is 3.24. The van der Waals surface area contributed by atoms with Gasteiger partial charge in [0.25, 0.3) is 0 Å². The maximum atomic E-state index is 12.8. The normalized spacial score (nSPS) is 16.8. The van der Waals surface area contributed by atoms with Gasteiger partial charge in [0.2, 0.25) is 5.91 Å². The minimum absolute atomic E-state index is 0.324. The summed E-state index contributed by atoms with van der Waals surface area (Å²) < 4.78 is 39.7. The Morgan fingerprint density at radius 3 is 2.72 bits per heavy atom. The quantitative estimate of drug-likeness (QED) is 0.890. The van der Waals surface area contributed by atoms with E-state index in [-0.39, 0.29) is 0 Å². The van der Waals surface area contributed by atoms with Crippen LogP contribution in [0.4, 0.5) is 19.0 Å². The van der Waals surface area contributed by atoms with Gasteiger partial charge in [-0.3, -0.25) is 4.79 Å². The first-order valence-electron chi connectivity index (χ1n) is 8.17. The molecule has 1 amide bonds. The van der Waals surface area contributed by atoms with Gasteiger partial charge in [0.1, 0.15) is 11.9 Å². The van der Waals surface area contributed by atoms with E-state index in [9.17, 15) is 18.0 Å². The summed E-state index contributed by atoms with van der Waals surface area (Å²) in [6, 6.07) is 5.18. The topological polar surface area (TPSA) is 59.8 Å². The summed E-state index contributed by atoms with van der Waals surface area (Å²) in [4.78, 5) is 20.1. The third kappa shape index (κ3) is 4.37. The highest BCUT2D eigenvalue weighted by Crippen LogP contribution is 2.34. The van der Waals surface area contributed by atoms with E-state index in [1.165, 1.54) is 10.8 Å². The van der Waals surface area contributed by atoms with Gasteiger partial charge in [-0.25, -0.2) is 9.97 Å². The number of carbonyl (C=O) groups is 1. The second-order valence-corrected chi connectivity index (χ2v) is 6.24. The Morgan fingerprint density at radius 2 is 2.12 bits per heavy atom. The van der Waals surface area contributed by atoms with Crippen molar-refractivity contribution >= 4 is 11.7 Å². The molecular weight excluding hydrogens is 333 g/mol. The number of hydrogen-bond acceptors (Lipinski definition) is 3. The van der Waals surface area contributed by atoms with E-state index in [0.29, 0.717) is 18.2 Å². The van der Waals surface area contributed by atoms with Gasteiger partial charge < -0.3 is 9.88 Å². The highest BCUT2D eigenvalue weighted by atomic mass is 19.4. The predicted octanol–water partition coefficient (Wildman–Crippen LogP) is 3.86. The zero-order chi connectivity index (χ0) is 17.9. The lowest BCUT2D eigenvalue weighted by molar-refractivity contribution is -0.141. The molecule has 0 saturated heterocycles. The van der Waals surface area contributed by atoms with E-state index in [1.807, 2.05) is 0 Å². The highest BCUT2D eigenvalue weighted by Gasteiger charge is 2.35. The Hall–Kier alpha value is -2.38. The monoisotopic (exact) mass is 351 g/mol. The predicted molar refractivity (Wildman–Crippen MR) is 84.5 cm³/mol. The first-order chi connectivity index (χ1) is 11.9. The number of anilines is 1. The van der Waals surface area contributed by atoms with Crippen LogP contribution in [0.5, 0.6) is 0 Å². The number of nitrogens with zero attached hydrogens (tertiary/aromatic N) is 3. The molecule has 133 valence electrons. The molecule has 0 spiro atoms. The smallest absolute Gasteiger partial charge is 0.324 e. The van der Waals surface area contributed by atoms with Crippen molar-refractivity contribution < 1.29 is 18.0 Å². The van der Waals surface area contributed by atoms with Crippen molar-refractivity contribution in [2.75, 3.05) is 5.32 Å². The minimum Gasteiger partial charge on any atom is -0.324 e. The van der Waals surface area contributed by atoms with Crippen molar-refractivity contribution in [1.82, 2.24) is 14.5 Å². The van der Waals surface area contributed by atoms with Crippen LogP contribution in [0.25, 0.3) is 0 Å². The molecule has 0 aliphatic heterocycles. The van der Waals surface area contributed by atoms with Gasteiger partial charge in [0.05, 0.1) is 6.33 Å². The molecule has 0 bridgehead atoms. The summed E-state index contributed by atoms with van der Waals surface area (Å²) in [5.41, 5.74) is -0.996. The fraction of sp³-hybridized carbons (Fsp3) is 0.471. The lowest BCUT2D eigenvalue weighted by Gasteiger charge is -2.21. The molecule has 8 heteroatoms. The van der Waals surface area contributed by atoms with Crippen molar-refractivity contribution in [2.24, 2.45) is 5.92 Å². The summed E-state index contributed by atoms with van der Waals surface area (Å²) in [6.07, 6.45) is 3.50. The largest absolute Gasteiger partial charge is 0.434 e. The molecule has 3 rings (SSSR count). The molecule has 2 heterocycles. The van der Waals surface area contributed by atoms with Crippen LogP contribution in [-0.2, 0) is 11.0 Å². The van der Waals surface area contributed by atoms with Crippen LogP contribution in [0.15, 0.2) is 30.9 Å². The van der Waals surface area contributed by atoms with E-state index in [1.54, 1.807) is 12.1 Å². The fourth-order valence-corrected chi connectivity index (χ4v) is 3.18. The molecular formula is C17H18F3N4O. The van der Waals surface area contributed by atoms with Crippen LogP contribution in [0.3, 0.4) is 0 Å². The van der Waals surface area contributed by atoms with Crippen molar-refractivity contribution in [3.63, 3.8) is 0 Å². The lowest BCUT2D eigenvalue weighted by Crippen LogP contribution is -2.27. The lowest BCUT2D eigenvalue weighted by atomic mass is 9.97. The van der Waals surface area contributed by atoms with Crippen molar-refractivity contribution in [3.05, 3.63) is 42.6 Å². The van der Waals surface area contributed by atoms with Gasteiger partial charge in [-0.1, -0.05) is 25.7 Å². The molecule has 5 nitrogen and oxygen atoms in total. The van der Waals surface area contributed by atoms with E-state index in [2.05, 4.69) is 21.4 Å². The Kier molecular flexibility index (Phi) is 5.06. The Labute approximate surface area is 143 Å². The average molecular weight is 351 g/mol. The summed E-state index contributed by atoms with van der Waals surface area (Å²) in [6.45, 7) is 0. The fourth-order valence-electron chi connectivity index (χ4n) is 3.18. The molecule has 2 aromatic heterocycles. The molecule has 25 heavy (non-hydrogen) atoms. The van der Waals surface area contributed by atoms with Crippen LogP contribution >= 0.6 is 0 Å². The number of alkyl halides is 3. The van der Waals surface area contributed by atoms with E-state index in [4.69, 9.17) is 0 Å². The van der Waals surface area contributed by atoms with E-state index in [0.717, 1.165) is 38.2 Å². The zero-order valence-electron chi connectivity index (χ0n) is 13.5. The van der Waals surface area contributed by atoms with Gasteiger partial charge in [-0.05, 0) is 24.5 Å². The summed E-state index contributed by atoms with van der Waals surface area (Å²) >= 11 is 0.